The molecule has 0 bridgehead atoms. The van der Waals surface area contributed by atoms with Gasteiger partial charge in [0.1, 0.15) is 0 Å². The molecule has 0 aliphatic heterocycles. The predicted molar refractivity (Wildman–Crippen MR) is 71.1 cm³/mol. The van der Waals surface area contributed by atoms with E-state index in [1.807, 2.05) is 18.2 Å². The summed E-state index contributed by atoms with van der Waals surface area (Å²) in [5.41, 5.74) is 0.638. The fourth-order valence-electron chi connectivity index (χ4n) is 1.81. The standard InChI is InChI=1S/C13H12BrClO2/c1-13(16,7-9-4-5-17-8-9)11-3-2-10(14)6-12(11)15/h2-6,8,16H,7H2,1H3. The number of hydrogen-bond acceptors (Lipinski definition) is 2. The van der Waals surface area contributed by atoms with Gasteiger partial charge in [-0.3, -0.25) is 0 Å². The minimum atomic E-state index is -1.01. The average Bonchev–Trinajstić information content (AvgIpc) is 2.68. The second kappa shape index (κ2) is 4.84. The number of aliphatic hydroxyl groups is 1. The van der Waals surface area contributed by atoms with Gasteiger partial charge in [0.15, 0.2) is 0 Å². The predicted octanol–water partition coefficient (Wildman–Crippen LogP) is 4.15. The van der Waals surface area contributed by atoms with E-state index in [2.05, 4.69) is 15.9 Å². The zero-order valence-electron chi connectivity index (χ0n) is 9.28. The van der Waals surface area contributed by atoms with Crippen molar-refractivity contribution in [1.82, 2.24) is 0 Å². The van der Waals surface area contributed by atoms with Crippen LogP contribution in [0.2, 0.25) is 5.02 Å². The van der Waals surface area contributed by atoms with Crippen LogP contribution in [0.15, 0.2) is 45.7 Å². The summed E-state index contributed by atoms with van der Waals surface area (Å²) in [6, 6.07) is 7.31. The van der Waals surface area contributed by atoms with Crippen molar-refractivity contribution >= 4 is 27.5 Å². The fraction of sp³-hybridized carbons (Fsp3) is 0.231. The summed E-state index contributed by atoms with van der Waals surface area (Å²) < 4.78 is 5.89. The third-order valence-electron chi connectivity index (χ3n) is 2.64. The second-order valence-electron chi connectivity index (χ2n) is 4.21. The van der Waals surface area contributed by atoms with Crippen molar-refractivity contribution in [3.8, 4) is 0 Å². The molecule has 0 aliphatic rings. The van der Waals surface area contributed by atoms with Crippen molar-refractivity contribution in [2.45, 2.75) is 18.9 Å². The van der Waals surface area contributed by atoms with Crippen molar-refractivity contribution in [2.75, 3.05) is 0 Å². The summed E-state index contributed by atoms with van der Waals surface area (Å²) >= 11 is 9.48. The van der Waals surface area contributed by atoms with E-state index in [1.165, 1.54) is 0 Å². The van der Waals surface area contributed by atoms with Crippen LogP contribution >= 0.6 is 27.5 Å². The highest BCUT2D eigenvalue weighted by molar-refractivity contribution is 9.10. The maximum absolute atomic E-state index is 10.5. The Kier molecular flexibility index (Phi) is 3.61. The van der Waals surface area contributed by atoms with Crippen molar-refractivity contribution in [1.29, 1.82) is 0 Å². The van der Waals surface area contributed by atoms with E-state index < -0.39 is 5.60 Å². The molecule has 0 fully saturated rings. The van der Waals surface area contributed by atoms with E-state index in [0.29, 0.717) is 17.0 Å². The number of rotatable bonds is 3. The lowest BCUT2D eigenvalue weighted by atomic mass is 9.90. The number of halogens is 2. The lowest BCUT2D eigenvalue weighted by molar-refractivity contribution is 0.0575. The molecule has 90 valence electrons. The van der Waals surface area contributed by atoms with Crippen molar-refractivity contribution in [3.63, 3.8) is 0 Å². The summed E-state index contributed by atoms with van der Waals surface area (Å²) in [7, 11) is 0. The zero-order chi connectivity index (χ0) is 12.5. The van der Waals surface area contributed by atoms with Gasteiger partial charge in [-0.2, -0.15) is 0 Å². The Labute approximate surface area is 113 Å². The molecule has 2 nitrogen and oxygen atoms in total. The van der Waals surface area contributed by atoms with Crippen LogP contribution < -0.4 is 0 Å². The molecule has 0 spiro atoms. The minimum Gasteiger partial charge on any atom is -0.472 e. The Morgan fingerprint density at radius 3 is 2.76 bits per heavy atom. The number of furan rings is 1. The summed E-state index contributed by atoms with van der Waals surface area (Å²) in [5.74, 6) is 0. The molecular weight excluding hydrogens is 303 g/mol. The lowest BCUT2D eigenvalue weighted by Gasteiger charge is -2.24. The molecule has 1 N–H and O–H groups in total. The Morgan fingerprint density at radius 1 is 1.41 bits per heavy atom. The van der Waals surface area contributed by atoms with E-state index in [4.69, 9.17) is 16.0 Å². The van der Waals surface area contributed by atoms with Crippen molar-refractivity contribution in [2.24, 2.45) is 0 Å². The highest BCUT2D eigenvalue weighted by Crippen LogP contribution is 2.32. The Bertz CT molecular complexity index is 506. The van der Waals surface area contributed by atoms with E-state index in [9.17, 15) is 5.11 Å². The molecule has 1 heterocycles. The number of hydrogen-bond donors (Lipinski definition) is 1. The van der Waals surface area contributed by atoms with Crippen LogP contribution in [0.25, 0.3) is 0 Å². The van der Waals surface area contributed by atoms with Crippen LogP contribution in [0, 0.1) is 0 Å². The van der Waals surface area contributed by atoms with E-state index in [1.54, 1.807) is 25.5 Å². The van der Waals surface area contributed by atoms with Gasteiger partial charge in [-0.05, 0) is 30.7 Å². The SMILES string of the molecule is CC(O)(Cc1ccoc1)c1ccc(Br)cc1Cl. The quantitative estimate of drug-likeness (QED) is 0.923. The van der Waals surface area contributed by atoms with Gasteiger partial charge < -0.3 is 9.52 Å². The molecule has 17 heavy (non-hydrogen) atoms. The van der Waals surface area contributed by atoms with Gasteiger partial charge in [-0.25, -0.2) is 0 Å². The van der Waals surface area contributed by atoms with Crippen LogP contribution in [0.4, 0.5) is 0 Å². The molecule has 1 unspecified atom stereocenters. The lowest BCUT2D eigenvalue weighted by Crippen LogP contribution is -2.24. The maximum atomic E-state index is 10.5. The number of benzene rings is 1. The highest BCUT2D eigenvalue weighted by Gasteiger charge is 2.26. The zero-order valence-corrected chi connectivity index (χ0v) is 11.6. The summed E-state index contributed by atoms with van der Waals surface area (Å²) in [4.78, 5) is 0. The van der Waals surface area contributed by atoms with Crippen LogP contribution in [0.3, 0.4) is 0 Å². The molecule has 0 aliphatic carbocycles. The largest absolute Gasteiger partial charge is 0.472 e. The van der Waals surface area contributed by atoms with E-state index in [-0.39, 0.29) is 0 Å². The van der Waals surface area contributed by atoms with Crippen LogP contribution in [0.5, 0.6) is 0 Å². The average molecular weight is 316 g/mol. The fourth-order valence-corrected chi connectivity index (χ4v) is 2.69. The molecule has 2 aromatic rings. The Hall–Kier alpha value is -0.770. The molecule has 1 atom stereocenters. The molecule has 0 saturated carbocycles. The minimum absolute atomic E-state index is 0.463. The third kappa shape index (κ3) is 2.92. The van der Waals surface area contributed by atoms with Gasteiger partial charge in [-0.1, -0.05) is 33.6 Å². The van der Waals surface area contributed by atoms with Gasteiger partial charge in [0.25, 0.3) is 0 Å². The summed E-state index contributed by atoms with van der Waals surface area (Å²) in [5, 5.41) is 11.0. The molecule has 2 rings (SSSR count). The van der Waals surface area contributed by atoms with Crippen LogP contribution in [0.1, 0.15) is 18.1 Å². The van der Waals surface area contributed by atoms with Gasteiger partial charge in [0, 0.05) is 21.5 Å². The Balaban J connectivity index is 2.30. The maximum Gasteiger partial charge on any atom is 0.0935 e. The van der Waals surface area contributed by atoms with Gasteiger partial charge in [-0.15, -0.1) is 0 Å². The third-order valence-corrected chi connectivity index (χ3v) is 3.45. The normalized spacial score (nSPS) is 14.6. The first-order chi connectivity index (χ1) is 7.99. The monoisotopic (exact) mass is 314 g/mol. The first-order valence-electron chi connectivity index (χ1n) is 5.18. The molecule has 0 saturated heterocycles. The molecule has 1 aromatic heterocycles. The van der Waals surface area contributed by atoms with Crippen LogP contribution in [-0.2, 0) is 12.0 Å². The summed E-state index contributed by atoms with van der Waals surface area (Å²) in [6.45, 7) is 1.75. The first kappa shape index (κ1) is 12.7. The Morgan fingerprint density at radius 2 is 2.18 bits per heavy atom. The van der Waals surface area contributed by atoms with Crippen molar-refractivity contribution < 1.29 is 9.52 Å². The smallest absolute Gasteiger partial charge is 0.0935 e. The first-order valence-corrected chi connectivity index (χ1v) is 6.35. The van der Waals surface area contributed by atoms with Crippen LogP contribution in [-0.4, -0.2) is 5.11 Å². The molecule has 4 heteroatoms. The second-order valence-corrected chi connectivity index (χ2v) is 5.53. The van der Waals surface area contributed by atoms with E-state index in [0.717, 1.165) is 10.0 Å². The molecule has 0 amide bonds. The molecular formula is C13H12BrClO2. The van der Waals surface area contributed by atoms with E-state index >= 15 is 0 Å². The van der Waals surface area contributed by atoms with Gasteiger partial charge >= 0.3 is 0 Å². The van der Waals surface area contributed by atoms with Crippen molar-refractivity contribution in [3.05, 3.63) is 57.4 Å². The van der Waals surface area contributed by atoms with Gasteiger partial charge in [0.05, 0.1) is 18.1 Å². The summed E-state index contributed by atoms with van der Waals surface area (Å²) in [6.07, 6.45) is 3.68. The molecule has 0 radical (unpaired) electrons. The molecule has 1 aromatic carbocycles. The topological polar surface area (TPSA) is 33.4 Å². The van der Waals surface area contributed by atoms with Gasteiger partial charge in [0.2, 0.25) is 0 Å². The highest BCUT2D eigenvalue weighted by atomic mass is 79.9.